The van der Waals surface area contributed by atoms with Crippen LogP contribution in [0, 0.1) is 17.8 Å². The first-order chi connectivity index (χ1) is 13.4. The van der Waals surface area contributed by atoms with E-state index in [4.69, 9.17) is 21.1 Å². The van der Waals surface area contributed by atoms with E-state index in [2.05, 4.69) is 5.32 Å². The van der Waals surface area contributed by atoms with Gasteiger partial charge in [-0.15, -0.1) is 0 Å². The number of benzene rings is 1. The van der Waals surface area contributed by atoms with E-state index < -0.39 is 0 Å². The predicted octanol–water partition coefficient (Wildman–Crippen LogP) is 5.23. The summed E-state index contributed by atoms with van der Waals surface area (Å²) >= 11 is 6.38. The van der Waals surface area contributed by atoms with Crippen molar-refractivity contribution in [2.75, 3.05) is 7.11 Å². The number of methoxy groups -OCH3 is 1. The minimum absolute atomic E-state index is 0.00106. The summed E-state index contributed by atoms with van der Waals surface area (Å²) in [5, 5.41) is 3.84. The van der Waals surface area contributed by atoms with Crippen LogP contribution in [-0.2, 0) is 4.79 Å². The van der Waals surface area contributed by atoms with Gasteiger partial charge in [0, 0.05) is 11.6 Å². The number of halogens is 1. The number of amides is 1. The molecule has 5 rings (SSSR count). The lowest BCUT2D eigenvalue weighted by molar-refractivity contribution is -0.122. The van der Waals surface area contributed by atoms with Crippen LogP contribution < -0.4 is 14.8 Å². The molecule has 4 aliphatic rings. The monoisotopic (exact) mass is 403 g/mol. The zero-order chi connectivity index (χ0) is 19.9. The first kappa shape index (κ1) is 19.6. The Hall–Kier alpha value is -1.68. The number of hydrogen-bond acceptors (Lipinski definition) is 3. The zero-order valence-electron chi connectivity index (χ0n) is 17.0. The van der Waals surface area contributed by atoms with E-state index >= 15 is 0 Å². The highest BCUT2D eigenvalue weighted by molar-refractivity contribution is 6.32. The summed E-state index contributed by atoms with van der Waals surface area (Å²) in [6, 6.07) is 3.65. The summed E-state index contributed by atoms with van der Waals surface area (Å²) in [4.78, 5) is 12.7. The van der Waals surface area contributed by atoms with Gasteiger partial charge in [0.2, 0.25) is 5.91 Å². The number of rotatable bonds is 6. The first-order valence-corrected chi connectivity index (χ1v) is 10.8. The highest BCUT2D eigenvalue weighted by Crippen LogP contribution is 2.55. The van der Waals surface area contributed by atoms with Gasteiger partial charge in [-0.2, -0.15) is 0 Å². The molecule has 4 nitrogen and oxygen atoms in total. The van der Waals surface area contributed by atoms with E-state index in [1.54, 1.807) is 25.3 Å². The SMILES string of the molecule is COc1cc(/C=C/C(=O)NC23CC4CC(CC(C4)C2)C3)cc(Cl)c1OC(C)C. The zero-order valence-corrected chi connectivity index (χ0v) is 17.7. The Labute approximate surface area is 172 Å². The maximum Gasteiger partial charge on any atom is 0.244 e. The van der Waals surface area contributed by atoms with Crippen molar-refractivity contribution in [2.24, 2.45) is 17.8 Å². The molecule has 0 aromatic heterocycles. The quantitative estimate of drug-likeness (QED) is 0.661. The van der Waals surface area contributed by atoms with E-state index in [9.17, 15) is 4.79 Å². The van der Waals surface area contributed by atoms with Gasteiger partial charge in [-0.3, -0.25) is 4.79 Å². The smallest absolute Gasteiger partial charge is 0.244 e. The fourth-order valence-electron chi connectivity index (χ4n) is 5.92. The van der Waals surface area contributed by atoms with Crippen molar-refractivity contribution >= 4 is 23.6 Å². The molecular weight excluding hydrogens is 374 g/mol. The molecule has 0 radical (unpaired) electrons. The molecule has 0 heterocycles. The average Bonchev–Trinajstić information content (AvgIpc) is 2.60. The van der Waals surface area contributed by atoms with E-state index in [0.717, 1.165) is 42.6 Å². The van der Waals surface area contributed by atoms with Crippen molar-refractivity contribution < 1.29 is 14.3 Å². The minimum Gasteiger partial charge on any atom is -0.493 e. The van der Waals surface area contributed by atoms with Crippen LogP contribution in [0.15, 0.2) is 18.2 Å². The molecule has 1 aromatic carbocycles. The van der Waals surface area contributed by atoms with Crippen molar-refractivity contribution in [2.45, 2.75) is 64.0 Å². The van der Waals surface area contributed by atoms with Crippen LogP contribution in [0.1, 0.15) is 57.9 Å². The van der Waals surface area contributed by atoms with Gasteiger partial charge in [0.25, 0.3) is 0 Å². The van der Waals surface area contributed by atoms with Gasteiger partial charge in [-0.05, 0) is 93.9 Å². The van der Waals surface area contributed by atoms with Gasteiger partial charge in [0.1, 0.15) is 0 Å². The molecule has 152 valence electrons. The van der Waals surface area contributed by atoms with Crippen LogP contribution in [0.3, 0.4) is 0 Å². The Kier molecular flexibility index (Phi) is 5.34. The molecule has 1 amide bonds. The molecule has 4 aliphatic carbocycles. The normalized spacial score (nSPS) is 30.8. The second kappa shape index (κ2) is 7.62. The molecule has 0 aliphatic heterocycles. The van der Waals surface area contributed by atoms with Gasteiger partial charge in [-0.25, -0.2) is 0 Å². The Morgan fingerprint density at radius 1 is 1.18 bits per heavy atom. The van der Waals surface area contributed by atoms with Crippen molar-refractivity contribution in [3.05, 3.63) is 28.8 Å². The first-order valence-electron chi connectivity index (χ1n) is 10.4. The largest absolute Gasteiger partial charge is 0.493 e. The number of carbonyl (C=O) groups is 1. The molecule has 1 N–H and O–H groups in total. The van der Waals surface area contributed by atoms with Crippen LogP contribution in [0.25, 0.3) is 6.08 Å². The van der Waals surface area contributed by atoms with E-state index in [1.807, 2.05) is 19.9 Å². The number of hydrogen-bond donors (Lipinski definition) is 1. The molecule has 4 bridgehead atoms. The summed E-state index contributed by atoms with van der Waals surface area (Å²) in [6.07, 6.45) is 11.0. The number of carbonyl (C=O) groups excluding carboxylic acids is 1. The lowest BCUT2D eigenvalue weighted by Gasteiger charge is -2.56. The molecule has 4 fully saturated rings. The maximum atomic E-state index is 12.7. The van der Waals surface area contributed by atoms with Crippen molar-refractivity contribution in [1.29, 1.82) is 0 Å². The van der Waals surface area contributed by atoms with Crippen molar-refractivity contribution in [3.8, 4) is 11.5 Å². The van der Waals surface area contributed by atoms with E-state index in [1.165, 1.54) is 19.3 Å². The van der Waals surface area contributed by atoms with Crippen LogP contribution in [0.5, 0.6) is 11.5 Å². The Morgan fingerprint density at radius 2 is 1.79 bits per heavy atom. The molecule has 0 saturated heterocycles. The lowest BCUT2D eigenvalue weighted by atomic mass is 9.53. The topological polar surface area (TPSA) is 47.6 Å². The van der Waals surface area contributed by atoms with Crippen molar-refractivity contribution in [3.63, 3.8) is 0 Å². The Bertz CT molecular complexity index is 751. The number of nitrogens with one attached hydrogen (secondary N) is 1. The maximum absolute atomic E-state index is 12.7. The standard InChI is InChI=1S/C23H30ClNO3/c1-14(2)28-22-19(24)9-15(10-20(22)27-3)4-5-21(26)25-23-11-16-6-17(12-23)8-18(7-16)13-23/h4-5,9-10,14,16-18H,6-8,11-13H2,1-3H3,(H,25,26)/b5-4+. The molecule has 28 heavy (non-hydrogen) atoms. The predicted molar refractivity (Wildman–Crippen MR) is 112 cm³/mol. The van der Waals surface area contributed by atoms with Gasteiger partial charge in [0.05, 0.1) is 18.2 Å². The molecule has 0 unspecified atom stereocenters. The van der Waals surface area contributed by atoms with Crippen molar-refractivity contribution in [1.82, 2.24) is 5.32 Å². The highest BCUT2D eigenvalue weighted by atomic mass is 35.5. The van der Waals surface area contributed by atoms with E-state index in [-0.39, 0.29) is 17.6 Å². The van der Waals surface area contributed by atoms with Gasteiger partial charge in [-0.1, -0.05) is 11.6 Å². The summed E-state index contributed by atoms with van der Waals surface area (Å²) in [7, 11) is 1.59. The number of ether oxygens (including phenoxy) is 2. The van der Waals surface area contributed by atoms with Crippen LogP contribution >= 0.6 is 11.6 Å². The van der Waals surface area contributed by atoms with Crippen LogP contribution in [0.2, 0.25) is 5.02 Å². The van der Waals surface area contributed by atoms with Gasteiger partial charge >= 0.3 is 0 Å². The summed E-state index contributed by atoms with van der Waals surface area (Å²) < 4.78 is 11.2. The summed E-state index contributed by atoms with van der Waals surface area (Å²) in [6.45, 7) is 3.89. The van der Waals surface area contributed by atoms with Gasteiger partial charge < -0.3 is 14.8 Å². The fourth-order valence-corrected chi connectivity index (χ4v) is 6.19. The second-order valence-electron chi connectivity index (χ2n) is 9.22. The molecule has 4 saturated carbocycles. The third kappa shape index (κ3) is 4.03. The van der Waals surface area contributed by atoms with Crippen LogP contribution in [-0.4, -0.2) is 24.7 Å². The molecule has 5 heteroatoms. The minimum atomic E-state index is -0.0143. The third-order valence-corrected chi connectivity index (χ3v) is 6.74. The Balaban J connectivity index is 1.45. The highest BCUT2D eigenvalue weighted by Gasteiger charge is 2.51. The summed E-state index contributed by atoms with van der Waals surface area (Å²) in [5.74, 6) is 3.53. The molecule has 1 aromatic rings. The average molecular weight is 404 g/mol. The molecule has 0 atom stereocenters. The molecule has 0 spiro atoms. The molecular formula is C23H30ClNO3. The lowest BCUT2D eigenvalue weighted by Crippen LogP contribution is -2.59. The van der Waals surface area contributed by atoms with Gasteiger partial charge in [0.15, 0.2) is 11.5 Å². The Morgan fingerprint density at radius 3 is 2.32 bits per heavy atom. The third-order valence-electron chi connectivity index (χ3n) is 6.46. The fraction of sp³-hybridized carbons (Fsp3) is 0.609. The van der Waals surface area contributed by atoms with E-state index in [0.29, 0.717) is 16.5 Å². The second-order valence-corrected chi connectivity index (χ2v) is 9.63. The van der Waals surface area contributed by atoms with Crippen LogP contribution in [0.4, 0.5) is 0 Å². The summed E-state index contributed by atoms with van der Waals surface area (Å²) in [5.41, 5.74) is 0.846.